The molecule has 0 amide bonds. The number of hydrogen-bond acceptors (Lipinski definition) is 7. The molecule has 44 heavy (non-hydrogen) atoms. The van der Waals surface area contributed by atoms with Crippen LogP contribution in [0.15, 0.2) is 48.1 Å². The highest BCUT2D eigenvalue weighted by atomic mass is 16.7. The molecule has 8 heteroatoms. The number of carboxylic acids is 1. The van der Waals surface area contributed by atoms with E-state index in [0.717, 1.165) is 30.3 Å². The van der Waals surface area contributed by atoms with E-state index in [4.69, 9.17) is 18.9 Å². The van der Waals surface area contributed by atoms with Crippen LogP contribution in [-0.4, -0.2) is 73.5 Å². The lowest BCUT2D eigenvalue weighted by molar-refractivity contribution is -0.311. The Morgan fingerprint density at radius 1 is 1.11 bits per heavy atom. The number of allylic oxidation sites excluding steroid dienone is 1. The Balaban J connectivity index is 1.28. The van der Waals surface area contributed by atoms with Gasteiger partial charge in [-0.1, -0.05) is 81.3 Å². The van der Waals surface area contributed by atoms with E-state index in [1.54, 1.807) is 7.11 Å². The minimum absolute atomic E-state index is 0.0220. The van der Waals surface area contributed by atoms with E-state index in [-0.39, 0.29) is 36.9 Å². The first-order valence-electron chi connectivity index (χ1n) is 16.3. The summed E-state index contributed by atoms with van der Waals surface area (Å²) in [6.07, 6.45) is 6.26. The van der Waals surface area contributed by atoms with Gasteiger partial charge < -0.3 is 34.0 Å². The lowest BCUT2D eigenvalue weighted by atomic mass is 9.43. The molecule has 3 saturated carbocycles. The van der Waals surface area contributed by atoms with Gasteiger partial charge in [0.15, 0.2) is 6.29 Å². The van der Waals surface area contributed by atoms with Gasteiger partial charge in [0.05, 0.1) is 24.7 Å². The first-order valence-corrected chi connectivity index (χ1v) is 16.3. The van der Waals surface area contributed by atoms with Gasteiger partial charge in [0.25, 0.3) is 0 Å². The molecule has 8 nitrogen and oxygen atoms in total. The highest BCUT2D eigenvalue weighted by Gasteiger charge is 2.84. The molecular formula is C36H48O8. The molecular weight excluding hydrogens is 560 g/mol. The average molecular weight is 609 g/mol. The van der Waals surface area contributed by atoms with Crippen LogP contribution in [0.4, 0.5) is 0 Å². The van der Waals surface area contributed by atoms with Gasteiger partial charge in [-0.3, -0.25) is 4.79 Å². The number of carboxylic acid groups (broad SMARTS) is 1. The van der Waals surface area contributed by atoms with Crippen molar-refractivity contribution < 1.29 is 38.7 Å². The van der Waals surface area contributed by atoms with Crippen LogP contribution < -0.4 is 0 Å². The number of carbonyl (C=O) groups excluding carboxylic acids is 1. The summed E-state index contributed by atoms with van der Waals surface area (Å²) in [4.78, 5) is 27.0. The van der Waals surface area contributed by atoms with Crippen molar-refractivity contribution in [3.05, 3.63) is 53.6 Å². The minimum atomic E-state index is -1.34. The molecule has 4 bridgehead atoms. The molecule has 240 valence electrons. The molecule has 2 N–H and O–H groups in total. The number of rotatable bonds is 11. The Kier molecular flexibility index (Phi) is 8.46. The van der Waals surface area contributed by atoms with E-state index >= 15 is 0 Å². The highest BCUT2D eigenvalue weighted by Crippen LogP contribution is 2.82. The number of aliphatic carboxylic acids is 1. The Labute approximate surface area is 260 Å². The molecule has 1 heterocycles. The SMILES string of the molecule is CO[C@H]1[C@@H](OC/C=C/c2ccccc2)[C@H](O)[C@H](OCC23CC4C(C)CCC4C4(C=O)CC2C=C(C(C)C)C43C(=O)O)O[C@@H]1C. The lowest BCUT2D eigenvalue weighted by Gasteiger charge is -2.58. The van der Waals surface area contributed by atoms with E-state index in [1.165, 1.54) is 0 Å². The number of benzene rings is 1. The molecule has 7 unspecified atom stereocenters. The zero-order valence-corrected chi connectivity index (χ0v) is 26.6. The van der Waals surface area contributed by atoms with Gasteiger partial charge >= 0.3 is 5.97 Å². The van der Waals surface area contributed by atoms with E-state index < -0.39 is 52.9 Å². The summed E-state index contributed by atoms with van der Waals surface area (Å²) in [7, 11) is 1.57. The number of methoxy groups -OCH3 is 1. The van der Waals surface area contributed by atoms with E-state index in [2.05, 4.69) is 13.0 Å². The standard InChI is InChI=1S/C36H48O8/c1-21(2)28-16-25-17-34(19-37)27-14-13-22(3)26(27)18-35(25,36(28,34)33(39)40)20-43-32-29(38)31(30(41-5)23(4)44-32)42-15-9-12-24-10-7-6-8-11-24/h6-12,16,19,21-23,25-27,29-32,38H,13-15,17-18,20H2,1-5H3,(H,39,40)/b12-9+/t22?,23-,25?,26?,27?,29+,30-,31+,32-,34?,35?,36?/m1/s1. The maximum Gasteiger partial charge on any atom is 0.315 e. The summed E-state index contributed by atoms with van der Waals surface area (Å²) in [6, 6.07) is 9.90. The predicted octanol–water partition coefficient (Wildman–Crippen LogP) is 5.15. The molecule has 1 saturated heterocycles. The van der Waals surface area contributed by atoms with Crippen molar-refractivity contribution in [2.45, 2.75) is 84.1 Å². The Bertz CT molecular complexity index is 1290. The molecule has 0 radical (unpaired) electrons. The van der Waals surface area contributed by atoms with Crippen LogP contribution in [0.5, 0.6) is 0 Å². The summed E-state index contributed by atoms with van der Waals surface area (Å²) < 4.78 is 24.6. The third-order valence-corrected chi connectivity index (χ3v) is 12.1. The Hall–Kier alpha value is -2.36. The molecule has 1 aromatic rings. The number of aliphatic hydroxyl groups excluding tert-OH is 1. The van der Waals surface area contributed by atoms with Crippen molar-refractivity contribution >= 4 is 18.3 Å². The summed E-state index contributed by atoms with van der Waals surface area (Å²) >= 11 is 0. The number of carbonyl (C=O) groups is 2. The van der Waals surface area contributed by atoms with Crippen molar-refractivity contribution in [2.24, 2.45) is 45.8 Å². The highest BCUT2D eigenvalue weighted by molar-refractivity contribution is 5.90. The monoisotopic (exact) mass is 608 g/mol. The summed E-state index contributed by atoms with van der Waals surface area (Å²) in [5, 5.41) is 22.8. The molecule has 6 rings (SSSR count). The first kappa shape index (κ1) is 31.6. The quantitative estimate of drug-likeness (QED) is 0.262. The fourth-order valence-electron chi connectivity index (χ4n) is 10.4. The van der Waals surface area contributed by atoms with Crippen LogP contribution in [-0.2, 0) is 28.5 Å². The maximum atomic E-state index is 13.7. The van der Waals surface area contributed by atoms with Crippen molar-refractivity contribution in [3.8, 4) is 0 Å². The Morgan fingerprint density at radius 2 is 1.86 bits per heavy atom. The van der Waals surface area contributed by atoms with E-state index in [0.29, 0.717) is 18.8 Å². The van der Waals surface area contributed by atoms with E-state index in [9.17, 15) is 19.8 Å². The number of ether oxygens (including phenoxy) is 4. The predicted molar refractivity (Wildman–Crippen MR) is 164 cm³/mol. The Morgan fingerprint density at radius 3 is 2.52 bits per heavy atom. The molecule has 1 aliphatic heterocycles. The van der Waals surface area contributed by atoms with Crippen molar-refractivity contribution in [3.63, 3.8) is 0 Å². The molecule has 1 aromatic carbocycles. The van der Waals surface area contributed by atoms with Gasteiger partial charge in [0, 0.05) is 12.5 Å². The normalized spacial score (nSPS) is 44.2. The fourth-order valence-corrected chi connectivity index (χ4v) is 10.4. The molecule has 5 aliphatic rings. The van der Waals surface area contributed by atoms with Gasteiger partial charge in [-0.25, -0.2) is 0 Å². The van der Waals surface area contributed by atoms with Crippen LogP contribution in [0.1, 0.15) is 58.9 Å². The zero-order chi connectivity index (χ0) is 31.4. The number of fused-ring (bicyclic) bond motifs is 2. The number of aldehydes is 1. The molecule has 0 spiro atoms. The van der Waals surface area contributed by atoms with Gasteiger partial charge in [0.2, 0.25) is 0 Å². The third-order valence-electron chi connectivity index (χ3n) is 12.1. The largest absolute Gasteiger partial charge is 0.481 e. The van der Waals surface area contributed by atoms with Crippen LogP contribution >= 0.6 is 0 Å². The number of hydrogen-bond donors (Lipinski definition) is 2. The topological polar surface area (TPSA) is 112 Å². The van der Waals surface area contributed by atoms with Crippen LogP contribution in [0.3, 0.4) is 0 Å². The lowest BCUT2D eigenvalue weighted by Crippen LogP contribution is -2.64. The van der Waals surface area contributed by atoms with Crippen molar-refractivity contribution in [2.75, 3.05) is 20.3 Å². The fraction of sp³-hybridized carbons (Fsp3) is 0.667. The third kappa shape index (κ3) is 4.35. The smallest absolute Gasteiger partial charge is 0.315 e. The average Bonchev–Trinajstić information content (AvgIpc) is 3.58. The van der Waals surface area contributed by atoms with E-state index in [1.807, 2.05) is 63.3 Å². The molecule has 4 fully saturated rings. The van der Waals surface area contributed by atoms with Gasteiger partial charge in [0.1, 0.15) is 30.0 Å². The minimum Gasteiger partial charge on any atom is -0.481 e. The van der Waals surface area contributed by atoms with Gasteiger partial charge in [-0.05, 0) is 61.3 Å². The first-order chi connectivity index (χ1) is 21.1. The van der Waals surface area contributed by atoms with Crippen LogP contribution in [0, 0.1) is 45.8 Å². The second kappa shape index (κ2) is 11.8. The van der Waals surface area contributed by atoms with Crippen molar-refractivity contribution in [1.29, 1.82) is 0 Å². The second-order valence-corrected chi connectivity index (χ2v) is 14.3. The summed E-state index contributed by atoms with van der Waals surface area (Å²) in [6.45, 7) is 8.50. The van der Waals surface area contributed by atoms with Gasteiger partial charge in [-0.15, -0.1) is 0 Å². The molecule has 0 aromatic heterocycles. The second-order valence-electron chi connectivity index (χ2n) is 14.3. The van der Waals surface area contributed by atoms with Crippen molar-refractivity contribution in [1.82, 2.24) is 0 Å². The number of aliphatic hydroxyl groups is 1. The maximum absolute atomic E-state index is 13.7. The zero-order valence-electron chi connectivity index (χ0n) is 26.6. The summed E-state index contributed by atoms with van der Waals surface area (Å²) in [5.41, 5.74) is -1.21. The van der Waals surface area contributed by atoms with Gasteiger partial charge in [-0.2, -0.15) is 0 Å². The van der Waals surface area contributed by atoms with Crippen LogP contribution in [0.2, 0.25) is 0 Å². The summed E-state index contributed by atoms with van der Waals surface area (Å²) in [5.74, 6) is -0.332. The molecule has 4 aliphatic carbocycles. The molecule has 12 atom stereocenters. The van der Waals surface area contributed by atoms with Crippen LogP contribution in [0.25, 0.3) is 6.08 Å².